The minimum absolute atomic E-state index is 0.257. The summed E-state index contributed by atoms with van der Waals surface area (Å²) in [5.41, 5.74) is 2.71. The van der Waals surface area contributed by atoms with E-state index in [-0.39, 0.29) is 5.82 Å². The van der Waals surface area contributed by atoms with Crippen molar-refractivity contribution in [3.8, 4) is 0 Å². The molecule has 0 amide bonds. The van der Waals surface area contributed by atoms with Gasteiger partial charge in [0.1, 0.15) is 5.82 Å². The second-order valence-corrected chi connectivity index (χ2v) is 4.42. The third-order valence-electron chi connectivity index (χ3n) is 2.86. The van der Waals surface area contributed by atoms with Gasteiger partial charge in [-0.05, 0) is 23.6 Å². The van der Waals surface area contributed by atoms with E-state index in [2.05, 4.69) is 6.92 Å². The number of halogens is 2. The van der Waals surface area contributed by atoms with Crippen LogP contribution in [0.15, 0.2) is 48.5 Å². The highest BCUT2D eigenvalue weighted by molar-refractivity contribution is 6.22. The van der Waals surface area contributed by atoms with Gasteiger partial charge in [-0.2, -0.15) is 0 Å². The lowest BCUT2D eigenvalue weighted by atomic mass is 10.0. The Morgan fingerprint density at radius 1 is 1.06 bits per heavy atom. The van der Waals surface area contributed by atoms with Crippen LogP contribution in [0.2, 0.25) is 0 Å². The minimum atomic E-state index is -0.429. The Hall–Kier alpha value is -1.34. The number of aryl methyl sites for hydroxylation is 1. The highest BCUT2D eigenvalue weighted by atomic mass is 35.5. The first kappa shape index (κ1) is 12.1. The fraction of sp³-hybridized carbons (Fsp3) is 0.200. The molecule has 0 nitrogen and oxygen atoms in total. The third-order valence-corrected chi connectivity index (χ3v) is 3.35. The van der Waals surface area contributed by atoms with Crippen LogP contribution in [0.3, 0.4) is 0 Å². The maximum Gasteiger partial charge on any atom is 0.128 e. The normalized spacial score (nSPS) is 12.4. The van der Waals surface area contributed by atoms with E-state index in [1.54, 1.807) is 18.2 Å². The Bertz CT molecular complexity index is 491. The first-order chi connectivity index (χ1) is 8.22. The zero-order valence-electron chi connectivity index (χ0n) is 9.66. The summed E-state index contributed by atoms with van der Waals surface area (Å²) in [5, 5.41) is -0.429. The van der Waals surface area contributed by atoms with Crippen LogP contribution in [0.1, 0.15) is 29.0 Å². The molecule has 0 spiro atoms. The molecule has 0 N–H and O–H groups in total. The lowest BCUT2D eigenvalue weighted by Gasteiger charge is -2.11. The van der Waals surface area contributed by atoms with Gasteiger partial charge >= 0.3 is 0 Å². The molecule has 0 heterocycles. The highest BCUT2D eigenvalue weighted by Gasteiger charge is 2.14. The molecule has 2 heteroatoms. The summed E-state index contributed by atoms with van der Waals surface area (Å²) >= 11 is 6.29. The highest BCUT2D eigenvalue weighted by Crippen LogP contribution is 2.30. The van der Waals surface area contributed by atoms with Gasteiger partial charge in [-0.15, -0.1) is 11.6 Å². The predicted octanol–water partition coefficient (Wildman–Crippen LogP) is 4.72. The average molecular weight is 249 g/mol. The van der Waals surface area contributed by atoms with Crippen LogP contribution in [0, 0.1) is 5.82 Å². The summed E-state index contributed by atoms with van der Waals surface area (Å²) in [6.07, 6.45) is 0.993. The van der Waals surface area contributed by atoms with Crippen LogP contribution in [0.5, 0.6) is 0 Å². The van der Waals surface area contributed by atoms with Crippen LogP contribution in [0.4, 0.5) is 4.39 Å². The Balaban J connectivity index is 2.30. The molecular formula is C15H14ClF. The molecule has 2 aromatic rings. The first-order valence-corrected chi connectivity index (χ1v) is 6.13. The first-order valence-electron chi connectivity index (χ1n) is 5.69. The van der Waals surface area contributed by atoms with Crippen molar-refractivity contribution >= 4 is 11.6 Å². The van der Waals surface area contributed by atoms with Crippen molar-refractivity contribution in [2.45, 2.75) is 18.7 Å². The molecule has 17 heavy (non-hydrogen) atoms. The van der Waals surface area contributed by atoms with Crippen molar-refractivity contribution in [3.05, 3.63) is 71.0 Å². The van der Waals surface area contributed by atoms with Gasteiger partial charge in [-0.3, -0.25) is 0 Å². The quantitative estimate of drug-likeness (QED) is 0.690. The van der Waals surface area contributed by atoms with Gasteiger partial charge < -0.3 is 0 Å². The fourth-order valence-electron chi connectivity index (χ4n) is 1.78. The van der Waals surface area contributed by atoms with Crippen LogP contribution in [0.25, 0.3) is 0 Å². The molecule has 0 saturated carbocycles. The minimum Gasteiger partial charge on any atom is -0.207 e. The lowest BCUT2D eigenvalue weighted by Crippen LogP contribution is -1.96. The lowest BCUT2D eigenvalue weighted by molar-refractivity contribution is 0.612. The Kier molecular flexibility index (Phi) is 3.80. The zero-order chi connectivity index (χ0) is 12.3. The summed E-state index contributed by atoms with van der Waals surface area (Å²) < 4.78 is 13.6. The smallest absolute Gasteiger partial charge is 0.128 e. The summed E-state index contributed by atoms with van der Waals surface area (Å²) in [5.74, 6) is -0.257. The molecule has 0 saturated heterocycles. The molecule has 0 aromatic heterocycles. The van der Waals surface area contributed by atoms with Gasteiger partial charge in [-0.1, -0.05) is 49.4 Å². The number of hydrogen-bond acceptors (Lipinski definition) is 0. The van der Waals surface area contributed by atoms with E-state index in [1.165, 1.54) is 11.6 Å². The molecule has 0 fully saturated rings. The molecule has 2 aromatic carbocycles. The molecule has 1 atom stereocenters. The topological polar surface area (TPSA) is 0 Å². The van der Waals surface area contributed by atoms with E-state index in [4.69, 9.17) is 11.6 Å². The van der Waals surface area contributed by atoms with E-state index >= 15 is 0 Å². The average Bonchev–Trinajstić information content (AvgIpc) is 2.39. The monoisotopic (exact) mass is 248 g/mol. The fourth-order valence-corrected chi connectivity index (χ4v) is 2.10. The van der Waals surface area contributed by atoms with Gasteiger partial charge in [0.2, 0.25) is 0 Å². The largest absolute Gasteiger partial charge is 0.207 e. The van der Waals surface area contributed by atoms with Crippen molar-refractivity contribution in [3.63, 3.8) is 0 Å². The van der Waals surface area contributed by atoms with Crippen LogP contribution in [-0.2, 0) is 6.42 Å². The summed E-state index contributed by atoms with van der Waals surface area (Å²) in [6, 6.07) is 14.6. The molecule has 0 bridgehead atoms. The molecule has 0 aliphatic heterocycles. The van der Waals surface area contributed by atoms with Gasteiger partial charge in [0.15, 0.2) is 0 Å². The molecular weight excluding hydrogens is 235 g/mol. The Labute approximate surface area is 106 Å². The number of alkyl halides is 1. The second-order valence-electron chi connectivity index (χ2n) is 3.98. The standard InChI is InChI=1S/C15H14ClF/c1-2-11-7-9-12(10-8-11)15(16)13-5-3-4-6-14(13)17/h3-10,15H,2H2,1H3. The van der Waals surface area contributed by atoms with Crippen molar-refractivity contribution < 1.29 is 4.39 Å². The van der Waals surface area contributed by atoms with Crippen molar-refractivity contribution in [1.29, 1.82) is 0 Å². The molecule has 1 unspecified atom stereocenters. The van der Waals surface area contributed by atoms with Crippen molar-refractivity contribution in [2.75, 3.05) is 0 Å². The van der Waals surface area contributed by atoms with E-state index in [9.17, 15) is 4.39 Å². The SMILES string of the molecule is CCc1ccc(C(Cl)c2ccccc2F)cc1. The predicted molar refractivity (Wildman–Crippen MR) is 69.9 cm³/mol. The van der Waals surface area contributed by atoms with Crippen molar-refractivity contribution in [2.24, 2.45) is 0 Å². The van der Waals surface area contributed by atoms with E-state index in [0.717, 1.165) is 12.0 Å². The van der Waals surface area contributed by atoms with Gasteiger partial charge in [0, 0.05) is 5.56 Å². The van der Waals surface area contributed by atoms with Gasteiger partial charge in [-0.25, -0.2) is 4.39 Å². The maximum atomic E-state index is 13.6. The Morgan fingerprint density at radius 2 is 1.71 bits per heavy atom. The molecule has 0 radical (unpaired) electrons. The number of rotatable bonds is 3. The third kappa shape index (κ3) is 2.67. The summed E-state index contributed by atoms with van der Waals surface area (Å²) in [6.45, 7) is 2.10. The van der Waals surface area contributed by atoms with Gasteiger partial charge in [0.25, 0.3) is 0 Å². The maximum absolute atomic E-state index is 13.6. The molecule has 2 rings (SSSR count). The van der Waals surface area contributed by atoms with Crippen LogP contribution in [-0.4, -0.2) is 0 Å². The van der Waals surface area contributed by atoms with Crippen LogP contribution >= 0.6 is 11.6 Å². The van der Waals surface area contributed by atoms with E-state index in [0.29, 0.717) is 5.56 Å². The molecule has 0 aliphatic rings. The van der Waals surface area contributed by atoms with Gasteiger partial charge in [0.05, 0.1) is 5.38 Å². The summed E-state index contributed by atoms with van der Waals surface area (Å²) in [7, 11) is 0. The van der Waals surface area contributed by atoms with E-state index < -0.39 is 5.38 Å². The number of benzene rings is 2. The van der Waals surface area contributed by atoms with E-state index in [1.807, 2.05) is 24.3 Å². The Morgan fingerprint density at radius 3 is 2.29 bits per heavy atom. The zero-order valence-corrected chi connectivity index (χ0v) is 10.4. The summed E-state index contributed by atoms with van der Waals surface area (Å²) in [4.78, 5) is 0. The molecule has 88 valence electrons. The number of hydrogen-bond donors (Lipinski definition) is 0. The molecule has 0 aliphatic carbocycles. The van der Waals surface area contributed by atoms with Crippen LogP contribution < -0.4 is 0 Å². The van der Waals surface area contributed by atoms with Crippen molar-refractivity contribution in [1.82, 2.24) is 0 Å². The second kappa shape index (κ2) is 5.33.